The van der Waals surface area contributed by atoms with Crippen LogP contribution in [0.5, 0.6) is 0 Å². The van der Waals surface area contributed by atoms with Gasteiger partial charge in [-0.2, -0.15) is 0 Å². The van der Waals surface area contributed by atoms with E-state index in [0.29, 0.717) is 16.8 Å². The van der Waals surface area contributed by atoms with Crippen LogP contribution in [0.15, 0.2) is 42.6 Å². The molecular weight excluding hydrogens is 359 g/mol. The number of carbonyl (C=O) groups excluding carboxylic acids is 2. The third kappa shape index (κ3) is 3.43. The van der Waals surface area contributed by atoms with E-state index in [2.05, 4.69) is 15.5 Å². The number of benzene rings is 2. The van der Waals surface area contributed by atoms with Gasteiger partial charge in [0.2, 0.25) is 6.41 Å². The van der Waals surface area contributed by atoms with Gasteiger partial charge < -0.3 is 20.4 Å². The van der Waals surface area contributed by atoms with Crippen LogP contribution in [0.1, 0.15) is 11.1 Å². The molecule has 1 fully saturated rings. The average molecular weight is 380 g/mol. The fourth-order valence-electron chi connectivity index (χ4n) is 3.63. The van der Waals surface area contributed by atoms with E-state index >= 15 is 0 Å². The Labute approximate surface area is 162 Å². The minimum absolute atomic E-state index is 0.255. The first kappa shape index (κ1) is 18.0. The number of rotatable bonds is 4. The van der Waals surface area contributed by atoms with Crippen LogP contribution in [0.4, 0.5) is 21.5 Å². The molecule has 6 nitrogen and oxygen atoms in total. The first-order chi connectivity index (χ1) is 13.5. The lowest BCUT2D eigenvalue weighted by Crippen LogP contribution is -2.45. The number of hydrogen-bond donors (Lipinski definition) is 2. The summed E-state index contributed by atoms with van der Waals surface area (Å²) in [4.78, 5) is 27.1. The number of fused-ring (bicyclic) bond motifs is 1. The van der Waals surface area contributed by atoms with E-state index in [1.54, 1.807) is 17.2 Å². The zero-order valence-corrected chi connectivity index (χ0v) is 15.5. The third-order valence-electron chi connectivity index (χ3n) is 5.15. The molecule has 2 aromatic rings. The van der Waals surface area contributed by atoms with Crippen LogP contribution >= 0.6 is 0 Å². The molecule has 4 rings (SSSR count). The predicted octanol–water partition coefficient (Wildman–Crippen LogP) is 2.82. The molecule has 0 aliphatic carbocycles. The molecule has 1 saturated heterocycles. The van der Waals surface area contributed by atoms with Crippen molar-refractivity contribution in [3.63, 3.8) is 0 Å². The Morgan fingerprint density at radius 1 is 1.11 bits per heavy atom. The molecule has 2 aliphatic heterocycles. The molecule has 0 atom stereocenters. The Balaban J connectivity index is 1.50. The number of halogens is 1. The first-order valence-corrected chi connectivity index (χ1v) is 9.18. The highest BCUT2D eigenvalue weighted by Crippen LogP contribution is 2.32. The third-order valence-corrected chi connectivity index (χ3v) is 5.15. The second kappa shape index (κ2) is 7.34. The Kier molecular flexibility index (Phi) is 4.73. The first-order valence-electron chi connectivity index (χ1n) is 9.18. The maximum absolute atomic E-state index is 13.5. The fourth-order valence-corrected chi connectivity index (χ4v) is 3.63. The molecule has 144 valence electrons. The van der Waals surface area contributed by atoms with E-state index < -0.39 is 0 Å². The Morgan fingerprint density at radius 3 is 2.61 bits per heavy atom. The van der Waals surface area contributed by atoms with E-state index in [4.69, 9.17) is 0 Å². The molecule has 2 heterocycles. The second-order valence-electron chi connectivity index (χ2n) is 6.98. The van der Waals surface area contributed by atoms with Gasteiger partial charge in [-0.3, -0.25) is 9.59 Å². The molecule has 28 heavy (non-hydrogen) atoms. The van der Waals surface area contributed by atoms with Gasteiger partial charge >= 0.3 is 0 Å². The van der Waals surface area contributed by atoms with Crippen molar-refractivity contribution in [3.8, 4) is 0 Å². The lowest BCUT2D eigenvalue weighted by molar-refractivity contribution is -0.118. The largest absolute Gasteiger partial charge is 0.368 e. The number of anilines is 3. The maximum atomic E-state index is 13.5. The average Bonchev–Trinajstić information content (AvgIpc) is 3.01. The van der Waals surface area contributed by atoms with Crippen molar-refractivity contribution in [2.24, 2.45) is 0 Å². The summed E-state index contributed by atoms with van der Waals surface area (Å²) in [5.74, 6) is -0.634. The summed E-state index contributed by atoms with van der Waals surface area (Å²) >= 11 is 0. The van der Waals surface area contributed by atoms with Gasteiger partial charge in [0, 0.05) is 55.0 Å². The van der Waals surface area contributed by atoms with E-state index in [1.807, 2.05) is 25.1 Å². The van der Waals surface area contributed by atoms with Crippen molar-refractivity contribution < 1.29 is 14.0 Å². The lowest BCUT2D eigenvalue weighted by atomic mass is 10.1. The number of amides is 2. The highest BCUT2D eigenvalue weighted by Gasteiger charge is 2.24. The minimum Gasteiger partial charge on any atom is -0.368 e. The molecule has 2 aliphatic rings. The summed E-state index contributed by atoms with van der Waals surface area (Å²) in [6, 6.07) is 10.2. The molecule has 7 heteroatoms. The predicted molar refractivity (Wildman–Crippen MR) is 108 cm³/mol. The summed E-state index contributed by atoms with van der Waals surface area (Å²) in [6.45, 7) is 5.09. The van der Waals surface area contributed by atoms with Crippen LogP contribution < -0.4 is 15.5 Å². The van der Waals surface area contributed by atoms with Crippen LogP contribution in [0.2, 0.25) is 0 Å². The van der Waals surface area contributed by atoms with E-state index in [1.165, 1.54) is 12.1 Å². The topological polar surface area (TPSA) is 64.7 Å². The van der Waals surface area contributed by atoms with Gasteiger partial charge in [-0.1, -0.05) is 0 Å². The van der Waals surface area contributed by atoms with E-state index in [9.17, 15) is 14.0 Å². The van der Waals surface area contributed by atoms with Crippen molar-refractivity contribution >= 4 is 35.0 Å². The van der Waals surface area contributed by atoms with Gasteiger partial charge in [0.15, 0.2) is 0 Å². The molecule has 0 saturated carbocycles. The van der Waals surface area contributed by atoms with Crippen LogP contribution in [-0.4, -0.2) is 43.4 Å². The van der Waals surface area contributed by atoms with Gasteiger partial charge in [0.1, 0.15) is 5.82 Å². The molecule has 0 unspecified atom stereocenters. The molecule has 2 amide bonds. The Morgan fingerprint density at radius 2 is 1.89 bits per heavy atom. The van der Waals surface area contributed by atoms with Crippen LogP contribution in [0, 0.1) is 12.7 Å². The molecule has 2 aromatic carbocycles. The smallest absolute Gasteiger partial charge is 0.257 e. The normalized spacial score (nSPS) is 17.5. The van der Waals surface area contributed by atoms with Crippen molar-refractivity contribution in [1.29, 1.82) is 0 Å². The van der Waals surface area contributed by atoms with Crippen LogP contribution in [-0.2, 0) is 9.59 Å². The molecule has 0 spiro atoms. The summed E-state index contributed by atoms with van der Waals surface area (Å²) in [6.07, 6.45) is 2.51. The minimum atomic E-state index is -0.379. The zero-order valence-electron chi connectivity index (χ0n) is 15.5. The highest BCUT2D eigenvalue weighted by molar-refractivity contribution is 6.31. The number of carbonyl (C=O) groups is 2. The fraction of sp³-hybridized carbons (Fsp3) is 0.238. The van der Waals surface area contributed by atoms with Crippen molar-refractivity contribution in [2.75, 3.05) is 41.7 Å². The van der Waals surface area contributed by atoms with Crippen molar-refractivity contribution in [2.45, 2.75) is 6.92 Å². The summed E-state index contributed by atoms with van der Waals surface area (Å²) in [5.41, 5.74) is 4.65. The molecule has 2 N–H and O–H groups in total. The standard InChI is InChI=1S/C21H21FN4O2/c1-14-10-16(3-5-20(14)26-8-6-25(13-27)7-9-26)23-12-18-17-11-15(22)2-4-19(17)24-21(18)28/h2-5,10-13,23H,6-9H2,1H3,(H,24,28). The zero-order chi connectivity index (χ0) is 19.7. The summed E-state index contributed by atoms with van der Waals surface area (Å²) in [7, 11) is 0. The van der Waals surface area contributed by atoms with Gasteiger partial charge in [-0.15, -0.1) is 0 Å². The number of piperazine rings is 1. The molecule has 0 radical (unpaired) electrons. The molecule has 0 aromatic heterocycles. The molecule has 0 bridgehead atoms. The van der Waals surface area contributed by atoms with Gasteiger partial charge in [0.25, 0.3) is 5.91 Å². The van der Waals surface area contributed by atoms with Crippen molar-refractivity contribution in [3.05, 3.63) is 59.5 Å². The molecular formula is C21H21FN4O2. The van der Waals surface area contributed by atoms with Crippen molar-refractivity contribution in [1.82, 2.24) is 4.90 Å². The quantitative estimate of drug-likeness (QED) is 0.632. The number of aryl methyl sites for hydroxylation is 1. The SMILES string of the molecule is Cc1cc(NC=C2C(=O)Nc3ccc(F)cc32)ccc1N1CCN(C=O)CC1. The summed E-state index contributed by atoms with van der Waals surface area (Å²) in [5, 5.41) is 5.88. The maximum Gasteiger partial charge on any atom is 0.257 e. The highest BCUT2D eigenvalue weighted by atomic mass is 19.1. The van der Waals surface area contributed by atoms with Crippen LogP contribution in [0.3, 0.4) is 0 Å². The number of nitrogens with one attached hydrogen (secondary N) is 2. The summed E-state index contributed by atoms with van der Waals surface area (Å²) < 4.78 is 13.5. The Bertz CT molecular complexity index is 965. The van der Waals surface area contributed by atoms with E-state index in [0.717, 1.165) is 49.5 Å². The number of nitrogens with zero attached hydrogens (tertiary/aromatic N) is 2. The number of hydrogen-bond acceptors (Lipinski definition) is 4. The van der Waals surface area contributed by atoms with Gasteiger partial charge in [-0.25, -0.2) is 4.39 Å². The van der Waals surface area contributed by atoms with Gasteiger partial charge in [-0.05, 0) is 48.9 Å². The Hall–Kier alpha value is -3.35. The van der Waals surface area contributed by atoms with Crippen LogP contribution in [0.25, 0.3) is 5.57 Å². The second-order valence-corrected chi connectivity index (χ2v) is 6.98. The lowest BCUT2D eigenvalue weighted by Gasteiger charge is -2.35. The van der Waals surface area contributed by atoms with E-state index in [-0.39, 0.29) is 11.7 Å². The monoisotopic (exact) mass is 380 g/mol. The van der Waals surface area contributed by atoms with Gasteiger partial charge in [0.05, 0.1) is 5.57 Å².